The summed E-state index contributed by atoms with van der Waals surface area (Å²) in [5.74, 6) is 2.58. The zero-order chi connectivity index (χ0) is 20.8. The van der Waals surface area contributed by atoms with Gasteiger partial charge in [0, 0.05) is 32.3 Å². The third-order valence-electron chi connectivity index (χ3n) is 5.99. The fourth-order valence-corrected chi connectivity index (χ4v) is 4.13. The lowest BCUT2D eigenvalue weighted by atomic mass is 9.92. The number of nitrogens with zero attached hydrogens (tertiary/aromatic N) is 4. The molecule has 158 valence electrons. The van der Waals surface area contributed by atoms with Gasteiger partial charge < -0.3 is 19.9 Å². The van der Waals surface area contributed by atoms with E-state index in [1.54, 1.807) is 13.4 Å². The summed E-state index contributed by atoms with van der Waals surface area (Å²) in [4.78, 5) is 13.8. The molecular formula is C23H35N5O. The molecule has 6 heteroatoms. The Bertz CT molecular complexity index is 759. The van der Waals surface area contributed by atoms with Crippen molar-refractivity contribution in [3.8, 4) is 0 Å². The summed E-state index contributed by atoms with van der Waals surface area (Å²) in [6, 6.07) is 10.7. The Morgan fingerprint density at radius 3 is 2.48 bits per heavy atom. The quantitative estimate of drug-likeness (QED) is 0.732. The highest BCUT2D eigenvalue weighted by Gasteiger charge is 2.26. The number of piperidine rings is 1. The zero-order valence-corrected chi connectivity index (χ0v) is 18.4. The molecular weight excluding hydrogens is 362 g/mol. The van der Waals surface area contributed by atoms with E-state index in [0.717, 1.165) is 49.7 Å². The van der Waals surface area contributed by atoms with Crippen LogP contribution in [0.3, 0.4) is 0 Å². The van der Waals surface area contributed by atoms with Crippen molar-refractivity contribution in [2.45, 2.75) is 38.8 Å². The van der Waals surface area contributed by atoms with Gasteiger partial charge in [-0.3, -0.25) is 0 Å². The van der Waals surface area contributed by atoms with Crippen LogP contribution in [0.4, 0.5) is 11.6 Å². The average Bonchev–Trinajstić information content (AvgIpc) is 2.74. The number of hydrogen-bond donors (Lipinski definition) is 1. The summed E-state index contributed by atoms with van der Waals surface area (Å²) in [5, 5.41) is 3.67. The minimum atomic E-state index is 0.168. The van der Waals surface area contributed by atoms with Gasteiger partial charge in [-0.05, 0) is 52.3 Å². The molecule has 0 bridgehead atoms. The number of aromatic nitrogens is 2. The van der Waals surface area contributed by atoms with Crippen molar-refractivity contribution in [2.24, 2.45) is 5.92 Å². The van der Waals surface area contributed by atoms with Crippen molar-refractivity contribution in [1.29, 1.82) is 0 Å². The van der Waals surface area contributed by atoms with Crippen LogP contribution in [0.15, 0.2) is 36.7 Å². The number of rotatable bonds is 8. The van der Waals surface area contributed by atoms with Crippen molar-refractivity contribution in [1.82, 2.24) is 14.9 Å². The Labute approximate surface area is 175 Å². The maximum atomic E-state index is 5.53. The van der Waals surface area contributed by atoms with Crippen LogP contribution in [-0.2, 0) is 4.74 Å². The van der Waals surface area contributed by atoms with Crippen LogP contribution in [-0.4, -0.2) is 61.8 Å². The minimum absolute atomic E-state index is 0.168. The molecule has 1 aliphatic rings. The lowest BCUT2D eigenvalue weighted by Gasteiger charge is -2.36. The predicted molar refractivity (Wildman–Crippen MR) is 120 cm³/mol. The number of methoxy groups -OCH3 is 1. The molecule has 1 fully saturated rings. The number of anilines is 2. The van der Waals surface area contributed by atoms with Crippen LogP contribution < -0.4 is 10.2 Å². The second kappa shape index (κ2) is 10.0. The van der Waals surface area contributed by atoms with Crippen LogP contribution in [0.1, 0.15) is 36.9 Å². The molecule has 2 heterocycles. The predicted octanol–water partition coefficient (Wildman–Crippen LogP) is 3.75. The summed E-state index contributed by atoms with van der Waals surface area (Å²) in [6.45, 7) is 7.21. The molecule has 1 N–H and O–H groups in total. The molecule has 1 aromatic heterocycles. The fourth-order valence-electron chi connectivity index (χ4n) is 4.13. The molecule has 0 amide bonds. The zero-order valence-electron chi connectivity index (χ0n) is 18.4. The largest absolute Gasteiger partial charge is 0.381 e. The number of nitrogens with one attached hydrogen (secondary N) is 1. The van der Waals surface area contributed by atoms with Crippen LogP contribution in [0.5, 0.6) is 0 Å². The van der Waals surface area contributed by atoms with Crippen molar-refractivity contribution in [3.05, 3.63) is 47.8 Å². The first kappa shape index (κ1) is 21.5. The van der Waals surface area contributed by atoms with Crippen LogP contribution in [0.25, 0.3) is 0 Å². The second-order valence-electron chi connectivity index (χ2n) is 8.31. The molecule has 1 aromatic carbocycles. The molecule has 6 nitrogen and oxygen atoms in total. The molecule has 2 unspecified atom stereocenters. The van der Waals surface area contributed by atoms with E-state index >= 15 is 0 Å². The molecule has 3 rings (SSSR count). The van der Waals surface area contributed by atoms with Gasteiger partial charge in [0.15, 0.2) is 0 Å². The monoisotopic (exact) mass is 397 g/mol. The van der Waals surface area contributed by atoms with E-state index in [0.29, 0.717) is 12.0 Å². The number of likely N-dealkylation sites (N-methyl/N-ethyl adjacent to an activating group) is 1. The van der Waals surface area contributed by atoms with E-state index in [1.165, 1.54) is 5.56 Å². The third-order valence-corrected chi connectivity index (χ3v) is 5.99. The van der Waals surface area contributed by atoms with Gasteiger partial charge in [0.05, 0.1) is 12.1 Å². The summed E-state index contributed by atoms with van der Waals surface area (Å²) in [6.07, 6.45) is 4.27. The molecule has 29 heavy (non-hydrogen) atoms. The lowest BCUT2D eigenvalue weighted by Crippen LogP contribution is -2.38. The molecule has 2 atom stereocenters. The molecule has 0 aliphatic carbocycles. The molecule has 0 saturated carbocycles. The van der Waals surface area contributed by atoms with Crippen LogP contribution >= 0.6 is 0 Å². The summed E-state index contributed by atoms with van der Waals surface area (Å²) in [7, 11) is 6.00. The molecule has 2 aromatic rings. The van der Waals surface area contributed by atoms with Gasteiger partial charge in [-0.15, -0.1) is 0 Å². The molecule has 0 radical (unpaired) electrons. The summed E-state index contributed by atoms with van der Waals surface area (Å²) in [5.41, 5.74) is 2.38. The van der Waals surface area contributed by atoms with E-state index in [-0.39, 0.29) is 6.04 Å². The highest BCUT2D eigenvalue weighted by Crippen LogP contribution is 2.30. The van der Waals surface area contributed by atoms with Gasteiger partial charge in [-0.1, -0.05) is 30.3 Å². The van der Waals surface area contributed by atoms with E-state index in [1.807, 2.05) is 0 Å². The van der Waals surface area contributed by atoms with Crippen molar-refractivity contribution in [3.63, 3.8) is 0 Å². The standard InChI is InChI=1S/C23H35N5O/c1-17-22(26-21(15-27(3)4)20-9-7-6-8-10-20)24-16-25-23(17)28-13-11-19(12-14-28)18(2)29-5/h6-10,16,18-19,21H,11-15H2,1-5H3,(H,24,25,26). The smallest absolute Gasteiger partial charge is 0.137 e. The topological polar surface area (TPSA) is 53.5 Å². The maximum absolute atomic E-state index is 5.53. The van der Waals surface area contributed by atoms with Crippen molar-refractivity contribution < 1.29 is 4.74 Å². The van der Waals surface area contributed by atoms with E-state index in [2.05, 4.69) is 83.4 Å². The molecule has 1 saturated heterocycles. The summed E-state index contributed by atoms with van der Waals surface area (Å²) >= 11 is 0. The number of benzene rings is 1. The Morgan fingerprint density at radius 1 is 1.17 bits per heavy atom. The second-order valence-corrected chi connectivity index (χ2v) is 8.31. The average molecular weight is 398 g/mol. The Balaban J connectivity index is 1.76. The first-order valence-electron chi connectivity index (χ1n) is 10.5. The fraction of sp³-hybridized carbons (Fsp3) is 0.565. The van der Waals surface area contributed by atoms with Gasteiger partial charge in [0.2, 0.25) is 0 Å². The molecule has 1 aliphatic heterocycles. The van der Waals surface area contributed by atoms with Crippen LogP contribution in [0.2, 0.25) is 0 Å². The van der Waals surface area contributed by atoms with Gasteiger partial charge in [-0.25, -0.2) is 9.97 Å². The maximum Gasteiger partial charge on any atom is 0.137 e. The summed E-state index contributed by atoms with van der Waals surface area (Å²) < 4.78 is 5.53. The SMILES string of the molecule is COC(C)C1CCN(c2ncnc(NC(CN(C)C)c3ccccc3)c2C)CC1. The Kier molecular flexibility index (Phi) is 7.45. The molecule has 0 spiro atoms. The Morgan fingerprint density at radius 2 is 1.86 bits per heavy atom. The van der Waals surface area contributed by atoms with Crippen LogP contribution in [0, 0.1) is 12.8 Å². The van der Waals surface area contributed by atoms with Gasteiger partial charge >= 0.3 is 0 Å². The number of hydrogen-bond acceptors (Lipinski definition) is 6. The van der Waals surface area contributed by atoms with Crippen molar-refractivity contribution in [2.75, 3.05) is 51.1 Å². The lowest BCUT2D eigenvalue weighted by molar-refractivity contribution is 0.0563. The Hall–Kier alpha value is -2.18. The van der Waals surface area contributed by atoms with Crippen molar-refractivity contribution >= 4 is 11.6 Å². The van der Waals surface area contributed by atoms with Gasteiger partial charge in [0.1, 0.15) is 18.0 Å². The highest BCUT2D eigenvalue weighted by atomic mass is 16.5. The first-order valence-corrected chi connectivity index (χ1v) is 10.5. The highest BCUT2D eigenvalue weighted by molar-refractivity contribution is 5.59. The number of ether oxygens (including phenoxy) is 1. The van der Waals surface area contributed by atoms with Gasteiger partial charge in [-0.2, -0.15) is 0 Å². The van der Waals surface area contributed by atoms with E-state index < -0.39 is 0 Å². The van der Waals surface area contributed by atoms with E-state index in [4.69, 9.17) is 4.74 Å². The third kappa shape index (κ3) is 5.46. The first-order chi connectivity index (χ1) is 14.0. The normalized spacial score (nSPS) is 17.4. The van der Waals surface area contributed by atoms with Gasteiger partial charge in [0.25, 0.3) is 0 Å². The van der Waals surface area contributed by atoms with E-state index in [9.17, 15) is 0 Å². The minimum Gasteiger partial charge on any atom is -0.381 e.